The van der Waals surface area contributed by atoms with Gasteiger partial charge in [-0.25, -0.2) is 4.39 Å². The standard InChI is InChI=1S/C18H16ClFN2O2/c1-12-5-2-3-8-16(12)22-10-9-21(17(23)18(22)24)11-13-14(19)6-4-7-15(13)20/h2-8H,9-11H2,1H3. The van der Waals surface area contributed by atoms with Crippen LogP contribution in [0.1, 0.15) is 11.1 Å². The van der Waals surface area contributed by atoms with Crippen molar-refractivity contribution in [1.29, 1.82) is 0 Å². The van der Waals surface area contributed by atoms with Crippen molar-refractivity contribution in [1.82, 2.24) is 4.90 Å². The van der Waals surface area contributed by atoms with Crippen molar-refractivity contribution < 1.29 is 14.0 Å². The highest BCUT2D eigenvalue weighted by Crippen LogP contribution is 2.25. The lowest BCUT2D eigenvalue weighted by Gasteiger charge is -2.34. The van der Waals surface area contributed by atoms with E-state index in [-0.39, 0.29) is 17.1 Å². The molecule has 2 amide bonds. The minimum absolute atomic E-state index is 0.0162. The lowest BCUT2D eigenvalue weighted by atomic mass is 10.1. The third-order valence-corrected chi connectivity index (χ3v) is 4.48. The van der Waals surface area contributed by atoms with Gasteiger partial charge in [0.15, 0.2) is 0 Å². The lowest BCUT2D eigenvalue weighted by Crippen LogP contribution is -2.54. The Labute approximate surface area is 144 Å². The molecule has 1 aliphatic rings. The highest BCUT2D eigenvalue weighted by Gasteiger charge is 2.34. The molecule has 0 atom stereocenters. The molecule has 124 valence electrons. The molecule has 3 rings (SSSR count). The molecule has 6 heteroatoms. The molecule has 0 aliphatic carbocycles. The summed E-state index contributed by atoms with van der Waals surface area (Å²) in [6.45, 7) is 2.56. The van der Waals surface area contributed by atoms with Crippen molar-refractivity contribution in [2.45, 2.75) is 13.5 Å². The third-order valence-electron chi connectivity index (χ3n) is 4.13. The number of carbonyl (C=O) groups excluding carboxylic acids is 2. The molecule has 2 aromatic rings. The van der Waals surface area contributed by atoms with E-state index in [1.54, 1.807) is 6.07 Å². The van der Waals surface area contributed by atoms with E-state index >= 15 is 0 Å². The predicted molar refractivity (Wildman–Crippen MR) is 90.4 cm³/mol. The van der Waals surface area contributed by atoms with Crippen LogP contribution < -0.4 is 4.90 Å². The van der Waals surface area contributed by atoms with Crippen molar-refractivity contribution in [3.8, 4) is 0 Å². The van der Waals surface area contributed by atoms with Crippen molar-refractivity contribution in [3.63, 3.8) is 0 Å². The van der Waals surface area contributed by atoms with Gasteiger partial charge in [-0.3, -0.25) is 9.59 Å². The van der Waals surface area contributed by atoms with Gasteiger partial charge in [-0.05, 0) is 30.7 Å². The van der Waals surface area contributed by atoms with Gasteiger partial charge in [-0.2, -0.15) is 0 Å². The number of aryl methyl sites for hydroxylation is 1. The molecule has 0 saturated carbocycles. The van der Waals surface area contributed by atoms with E-state index < -0.39 is 17.6 Å². The third kappa shape index (κ3) is 2.99. The number of nitrogens with zero attached hydrogens (tertiary/aromatic N) is 2. The van der Waals surface area contributed by atoms with E-state index in [1.165, 1.54) is 21.9 Å². The first-order valence-corrected chi connectivity index (χ1v) is 7.96. The van der Waals surface area contributed by atoms with Crippen molar-refractivity contribution in [3.05, 3.63) is 64.4 Å². The number of piperazine rings is 1. The molecule has 4 nitrogen and oxygen atoms in total. The second-order valence-corrected chi connectivity index (χ2v) is 6.08. The maximum atomic E-state index is 13.9. The van der Waals surface area contributed by atoms with Gasteiger partial charge in [-0.15, -0.1) is 0 Å². The summed E-state index contributed by atoms with van der Waals surface area (Å²) in [5.74, 6) is -1.74. The molecular formula is C18H16ClFN2O2. The normalized spacial score (nSPS) is 15.1. The minimum Gasteiger partial charge on any atom is -0.328 e. The highest BCUT2D eigenvalue weighted by molar-refractivity contribution is 6.41. The number of para-hydroxylation sites is 1. The fraction of sp³-hybridized carbons (Fsp3) is 0.222. The van der Waals surface area contributed by atoms with Gasteiger partial charge in [0, 0.05) is 29.4 Å². The van der Waals surface area contributed by atoms with Crippen LogP contribution in [0.25, 0.3) is 0 Å². The molecule has 1 fully saturated rings. The first-order chi connectivity index (χ1) is 11.5. The first-order valence-electron chi connectivity index (χ1n) is 7.58. The van der Waals surface area contributed by atoms with Crippen LogP contribution in [0, 0.1) is 12.7 Å². The smallest absolute Gasteiger partial charge is 0.316 e. The Balaban J connectivity index is 1.81. The maximum Gasteiger partial charge on any atom is 0.316 e. The average Bonchev–Trinajstić information content (AvgIpc) is 2.56. The van der Waals surface area contributed by atoms with Crippen LogP contribution in [-0.2, 0) is 16.1 Å². The van der Waals surface area contributed by atoms with Gasteiger partial charge >= 0.3 is 11.8 Å². The summed E-state index contributed by atoms with van der Waals surface area (Å²) in [5.41, 5.74) is 1.87. The number of halogens is 2. The van der Waals surface area contributed by atoms with E-state index in [1.807, 2.05) is 31.2 Å². The summed E-state index contributed by atoms with van der Waals surface area (Å²) >= 11 is 6.00. The second-order valence-electron chi connectivity index (χ2n) is 5.67. The SMILES string of the molecule is Cc1ccccc1N1CCN(Cc2c(F)cccc2Cl)C(=O)C1=O. The zero-order valence-electron chi connectivity index (χ0n) is 13.1. The molecule has 0 bridgehead atoms. The summed E-state index contributed by atoms with van der Waals surface area (Å²) in [7, 11) is 0. The zero-order valence-corrected chi connectivity index (χ0v) is 13.9. The van der Waals surface area contributed by atoms with Gasteiger partial charge in [-0.1, -0.05) is 35.9 Å². The van der Waals surface area contributed by atoms with Crippen LogP contribution >= 0.6 is 11.6 Å². The van der Waals surface area contributed by atoms with Gasteiger partial charge in [0.05, 0.1) is 6.54 Å². The Hall–Kier alpha value is -2.40. The number of amides is 2. The van der Waals surface area contributed by atoms with E-state index in [0.717, 1.165) is 11.3 Å². The number of carbonyl (C=O) groups is 2. The van der Waals surface area contributed by atoms with Crippen LogP contribution in [-0.4, -0.2) is 29.8 Å². The fourth-order valence-electron chi connectivity index (χ4n) is 2.80. The Morgan fingerprint density at radius 2 is 1.79 bits per heavy atom. The summed E-state index contributed by atoms with van der Waals surface area (Å²) in [6, 6.07) is 11.8. The topological polar surface area (TPSA) is 40.6 Å². The molecular weight excluding hydrogens is 331 g/mol. The maximum absolute atomic E-state index is 13.9. The Bertz CT molecular complexity index is 789. The van der Waals surface area contributed by atoms with Gasteiger partial charge < -0.3 is 9.80 Å². The number of hydrogen-bond donors (Lipinski definition) is 0. The van der Waals surface area contributed by atoms with E-state index in [4.69, 9.17) is 11.6 Å². The zero-order chi connectivity index (χ0) is 17.3. The monoisotopic (exact) mass is 346 g/mol. The largest absolute Gasteiger partial charge is 0.328 e. The molecule has 1 aliphatic heterocycles. The molecule has 0 spiro atoms. The number of rotatable bonds is 3. The van der Waals surface area contributed by atoms with Gasteiger partial charge in [0.1, 0.15) is 5.82 Å². The Morgan fingerprint density at radius 1 is 1.04 bits per heavy atom. The quantitative estimate of drug-likeness (QED) is 0.801. The predicted octanol–water partition coefficient (Wildman–Crippen LogP) is 3.16. The summed E-state index contributed by atoms with van der Waals surface area (Å²) in [4.78, 5) is 27.7. The molecule has 0 aromatic heterocycles. The van der Waals surface area contributed by atoms with E-state index in [2.05, 4.69) is 0 Å². The van der Waals surface area contributed by atoms with Crippen LogP contribution in [0.15, 0.2) is 42.5 Å². The van der Waals surface area contributed by atoms with Crippen molar-refractivity contribution in [2.24, 2.45) is 0 Å². The molecule has 0 radical (unpaired) electrons. The van der Waals surface area contributed by atoms with E-state index in [0.29, 0.717) is 13.1 Å². The molecule has 1 saturated heterocycles. The van der Waals surface area contributed by atoms with Crippen LogP contribution in [0.4, 0.5) is 10.1 Å². The number of anilines is 1. The number of hydrogen-bond acceptors (Lipinski definition) is 2. The van der Waals surface area contributed by atoms with E-state index in [9.17, 15) is 14.0 Å². The Kier molecular flexibility index (Phi) is 4.53. The lowest BCUT2D eigenvalue weighted by molar-refractivity contribution is -0.146. The summed E-state index contributed by atoms with van der Waals surface area (Å²) in [6.07, 6.45) is 0. The van der Waals surface area contributed by atoms with Gasteiger partial charge in [0.2, 0.25) is 0 Å². The minimum atomic E-state index is -0.649. The van der Waals surface area contributed by atoms with Crippen LogP contribution in [0.5, 0.6) is 0 Å². The van der Waals surface area contributed by atoms with Crippen LogP contribution in [0.2, 0.25) is 5.02 Å². The molecule has 0 N–H and O–H groups in total. The first kappa shape index (κ1) is 16.5. The molecule has 1 heterocycles. The molecule has 24 heavy (non-hydrogen) atoms. The van der Waals surface area contributed by atoms with Gasteiger partial charge in [0.25, 0.3) is 0 Å². The second kappa shape index (κ2) is 6.61. The fourth-order valence-corrected chi connectivity index (χ4v) is 3.02. The molecule has 2 aromatic carbocycles. The summed E-state index contributed by atoms with van der Waals surface area (Å²) in [5, 5.41) is 0.247. The van der Waals surface area contributed by atoms with Crippen molar-refractivity contribution >= 4 is 29.1 Å². The average molecular weight is 347 g/mol. The summed E-state index contributed by atoms with van der Waals surface area (Å²) < 4.78 is 13.9. The van der Waals surface area contributed by atoms with Crippen molar-refractivity contribution in [2.75, 3.05) is 18.0 Å². The Morgan fingerprint density at radius 3 is 2.50 bits per heavy atom. The molecule has 0 unspecified atom stereocenters. The number of benzene rings is 2. The highest BCUT2D eigenvalue weighted by atomic mass is 35.5. The van der Waals surface area contributed by atoms with Crippen LogP contribution in [0.3, 0.4) is 0 Å².